The van der Waals surface area contributed by atoms with Crippen LogP contribution in [-0.2, 0) is 17.8 Å². The van der Waals surface area contributed by atoms with Crippen LogP contribution < -0.4 is 11.1 Å². The fourth-order valence-corrected chi connectivity index (χ4v) is 2.54. The number of oxime groups is 1. The predicted molar refractivity (Wildman–Crippen MR) is 77.4 cm³/mol. The van der Waals surface area contributed by atoms with Crippen molar-refractivity contribution in [3.8, 4) is 0 Å². The molecule has 5 nitrogen and oxygen atoms in total. The van der Waals surface area contributed by atoms with Crippen LogP contribution in [0, 0.1) is 5.41 Å². The van der Waals surface area contributed by atoms with Crippen LogP contribution >= 0.6 is 11.3 Å². The first-order chi connectivity index (χ1) is 8.97. The van der Waals surface area contributed by atoms with Crippen LogP contribution in [0.15, 0.2) is 17.3 Å². The highest BCUT2D eigenvalue weighted by Gasteiger charge is 2.36. The number of thiophene rings is 1. The molecule has 0 bridgehead atoms. The van der Waals surface area contributed by atoms with Crippen molar-refractivity contribution >= 4 is 23.1 Å². The van der Waals surface area contributed by atoms with E-state index in [0.717, 1.165) is 11.3 Å². The molecular formula is C13H21N3O2S. The molecule has 1 unspecified atom stereocenters. The van der Waals surface area contributed by atoms with Gasteiger partial charge >= 0.3 is 0 Å². The first-order valence-electron chi connectivity index (χ1n) is 6.31. The third kappa shape index (κ3) is 3.47. The lowest BCUT2D eigenvalue weighted by atomic mass is 9.85. The predicted octanol–water partition coefficient (Wildman–Crippen LogP) is 2.09. The molecule has 0 radical (unpaired) electrons. The van der Waals surface area contributed by atoms with Crippen LogP contribution in [0.3, 0.4) is 0 Å². The molecule has 1 amide bonds. The van der Waals surface area contributed by atoms with Gasteiger partial charge in [0.15, 0.2) is 5.84 Å². The molecule has 1 heterocycles. The third-order valence-corrected chi connectivity index (χ3v) is 4.60. The Labute approximate surface area is 117 Å². The van der Waals surface area contributed by atoms with E-state index in [4.69, 9.17) is 10.9 Å². The number of amides is 1. The monoisotopic (exact) mass is 283 g/mol. The Morgan fingerprint density at radius 3 is 2.58 bits per heavy atom. The highest BCUT2D eigenvalue weighted by atomic mass is 32.1. The summed E-state index contributed by atoms with van der Waals surface area (Å²) in [5.74, 6) is -0.287. The average molecular weight is 283 g/mol. The van der Waals surface area contributed by atoms with Gasteiger partial charge in [-0.05, 0) is 31.9 Å². The number of carbonyl (C=O) groups is 1. The van der Waals surface area contributed by atoms with Gasteiger partial charge in [0.1, 0.15) is 5.41 Å². The largest absolute Gasteiger partial charge is 0.409 e. The van der Waals surface area contributed by atoms with Gasteiger partial charge in [0.25, 0.3) is 0 Å². The van der Waals surface area contributed by atoms with E-state index in [2.05, 4.69) is 23.5 Å². The summed E-state index contributed by atoms with van der Waals surface area (Å²) in [6.45, 7) is 6.07. The molecule has 0 aromatic carbocycles. The van der Waals surface area contributed by atoms with Gasteiger partial charge in [-0.15, -0.1) is 11.3 Å². The molecule has 1 aromatic heterocycles. The lowest BCUT2D eigenvalue weighted by Crippen LogP contribution is -2.47. The molecule has 0 aliphatic carbocycles. The van der Waals surface area contributed by atoms with E-state index in [1.54, 1.807) is 18.3 Å². The molecule has 19 heavy (non-hydrogen) atoms. The minimum Gasteiger partial charge on any atom is -0.409 e. The number of nitrogens with zero attached hydrogens (tertiary/aromatic N) is 1. The number of aryl methyl sites for hydroxylation is 1. The smallest absolute Gasteiger partial charge is 0.233 e. The summed E-state index contributed by atoms with van der Waals surface area (Å²) < 4.78 is 0. The van der Waals surface area contributed by atoms with Crippen molar-refractivity contribution in [1.29, 1.82) is 0 Å². The quantitative estimate of drug-likeness (QED) is 0.323. The Morgan fingerprint density at radius 2 is 2.11 bits per heavy atom. The number of carbonyl (C=O) groups excluding carboxylic acids is 1. The normalized spacial score (nSPS) is 15.0. The van der Waals surface area contributed by atoms with E-state index in [-0.39, 0.29) is 11.7 Å². The Hall–Kier alpha value is -1.56. The molecule has 106 valence electrons. The van der Waals surface area contributed by atoms with E-state index < -0.39 is 5.41 Å². The Balaban J connectivity index is 2.68. The van der Waals surface area contributed by atoms with E-state index >= 15 is 0 Å². The molecule has 0 saturated heterocycles. The Bertz CT molecular complexity index is 470. The van der Waals surface area contributed by atoms with Crippen LogP contribution in [0.2, 0.25) is 0 Å². The Morgan fingerprint density at radius 1 is 1.47 bits per heavy atom. The lowest BCUT2D eigenvalue weighted by molar-refractivity contribution is -0.127. The summed E-state index contributed by atoms with van der Waals surface area (Å²) in [5, 5.41) is 14.6. The number of hydrogen-bond acceptors (Lipinski definition) is 4. The molecule has 1 rings (SSSR count). The zero-order chi connectivity index (χ0) is 14.5. The van der Waals surface area contributed by atoms with Crippen LogP contribution in [0.25, 0.3) is 0 Å². The van der Waals surface area contributed by atoms with Crippen molar-refractivity contribution in [2.75, 3.05) is 0 Å². The number of rotatable bonds is 6. The van der Waals surface area contributed by atoms with E-state index in [1.165, 1.54) is 4.88 Å². The van der Waals surface area contributed by atoms with Gasteiger partial charge in [0.05, 0.1) is 6.54 Å². The van der Waals surface area contributed by atoms with Crippen LogP contribution in [0.4, 0.5) is 0 Å². The summed E-state index contributed by atoms with van der Waals surface area (Å²) in [6, 6.07) is 4.07. The summed E-state index contributed by atoms with van der Waals surface area (Å²) in [7, 11) is 0. The lowest BCUT2D eigenvalue weighted by Gasteiger charge is -2.25. The molecule has 0 spiro atoms. The van der Waals surface area contributed by atoms with Gasteiger partial charge in [-0.1, -0.05) is 19.0 Å². The average Bonchev–Trinajstić information content (AvgIpc) is 2.90. The molecular weight excluding hydrogens is 262 g/mol. The van der Waals surface area contributed by atoms with Crippen LogP contribution in [-0.4, -0.2) is 17.0 Å². The molecule has 4 N–H and O–H groups in total. The zero-order valence-corrected chi connectivity index (χ0v) is 12.4. The zero-order valence-electron chi connectivity index (χ0n) is 11.6. The van der Waals surface area contributed by atoms with Crippen LogP contribution in [0.1, 0.15) is 36.9 Å². The first-order valence-corrected chi connectivity index (χ1v) is 7.13. The molecule has 0 fully saturated rings. The van der Waals surface area contributed by atoms with Crippen molar-refractivity contribution in [3.63, 3.8) is 0 Å². The fourth-order valence-electron chi connectivity index (χ4n) is 1.64. The third-order valence-electron chi connectivity index (χ3n) is 3.37. The maximum atomic E-state index is 12.2. The number of amidine groups is 1. The standard InChI is InChI=1S/C13H21N3O2S/c1-4-9-6-7-10(19-9)8-15-12(17)13(3,5-2)11(14)16-18/h6-7,18H,4-5,8H2,1-3H3,(H2,14,16)(H,15,17). The SMILES string of the molecule is CCc1ccc(CNC(=O)C(C)(CC)/C(N)=N/O)s1. The van der Waals surface area contributed by atoms with Gasteiger partial charge < -0.3 is 16.3 Å². The molecule has 1 atom stereocenters. The fraction of sp³-hybridized carbons (Fsp3) is 0.538. The van der Waals surface area contributed by atoms with Gasteiger partial charge in [-0.3, -0.25) is 4.79 Å². The summed E-state index contributed by atoms with van der Waals surface area (Å²) in [5.41, 5.74) is 4.63. The highest BCUT2D eigenvalue weighted by molar-refractivity contribution is 7.11. The Kier molecular flexibility index (Phi) is 5.35. The van der Waals surface area contributed by atoms with Gasteiger partial charge in [0, 0.05) is 9.75 Å². The minimum atomic E-state index is -0.973. The maximum Gasteiger partial charge on any atom is 0.233 e. The second kappa shape index (κ2) is 6.56. The number of nitrogens with one attached hydrogen (secondary N) is 1. The minimum absolute atomic E-state index is 0.0621. The second-order valence-corrected chi connectivity index (χ2v) is 5.83. The topological polar surface area (TPSA) is 87.7 Å². The van der Waals surface area contributed by atoms with Crippen molar-refractivity contribution in [2.45, 2.75) is 40.2 Å². The maximum absolute atomic E-state index is 12.2. The number of hydrogen-bond donors (Lipinski definition) is 3. The van der Waals surface area contributed by atoms with Gasteiger partial charge in [-0.25, -0.2) is 0 Å². The summed E-state index contributed by atoms with van der Waals surface area (Å²) in [4.78, 5) is 14.6. The van der Waals surface area contributed by atoms with Crippen molar-refractivity contribution < 1.29 is 10.0 Å². The molecule has 0 aliphatic rings. The molecule has 1 aromatic rings. The highest BCUT2D eigenvalue weighted by Crippen LogP contribution is 2.22. The van der Waals surface area contributed by atoms with E-state index in [1.807, 2.05) is 13.0 Å². The van der Waals surface area contributed by atoms with Crippen LogP contribution in [0.5, 0.6) is 0 Å². The molecule has 6 heteroatoms. The van der Waals surface area contributed by atoms with Crippen molar-refractivity contribution in [2.24, 2.45) is 16.3 Å². The van der Waals surface area contributed by atoms with Crippen molar-refractivity contribution in [3.05, 3.63) is 21.9 Å². The summed E-state index contributed by atoms with van der Waals surface area (Å²) >= 11 is 1.68. The van der Waals surface area contributed by atoms with E-state index in [9.17, 15) is 4.79 Å². The second-order valence-electron chi connectivity index (χ2n) is 4.58. The molecule has 0 saturated carbocycles. The van der Waals surface area contributed by atoms with Gasteiger partial charge in [0.2, 0.25) is 5.91 Å². The first kappa shape index (κ1) is 15.5. The van der Waals surface area contributed by atoms with Crippen molar-refractivity contribution in [1.82, 2.24) is 5.32 Å². The molecule has 0 aliphatic heterocycles. The number of nitrogens with two attached hydrogens (primary N) is 1. The summed E-state index contributed by atoms with van der Waals surface area (Å²) in [6.07, 6.45) is 1.47. The van der Waals surface area contributed by atoms with E-state index in [0.29, 0.717) is 13.0 Å². The van der Waals surface area contributed by atoms with Gasteiger partial charge in [-0.2, -0.15) is 0 Å².